The zero-order chi connectivity index (χ0) is 14.6. The van der Waals surface area contributed by atoms with E-state index in [1.807, 2.05) is 0 Å². The van der Waals surface area contributed by atoms with Gasteiger partial charge in [-0.15, -0.1) is 0 Å². The van der Waals surface area contributed by atoms with E-state index in [9.17, 15) is 8.78 Å². The lowest BCUT2D eigenvalue weighted by atomic mass is 9.88. The molecule has 4 nitrogen and oxygen atoms in total. The van der Waals surface area contributed by atoms with Crippen LogP contribution in [0.25, 0.3) is 0 Å². The Labute approximate surface area is 115 Å². The normalized spacial score (nSPS) is 12.6. The number of benzene rings is 1. The number of hydrogen-bond acceptors (Lipinski definition) is 3. The summed E-state index contributed by atoms with van der Waals surface area (Å²) in [5.41, 5.74) is 5.02. The first-order valence-electron chi connectivity index (χ1n) is 5.64. The molecule has 0 aliphatic rings. The predicted octanol–water partition coefficient (Wildman–Crippen LogP) is 3.19. The minimum atomic E-state index is -0.758. The molecule has 0 aliphatic heterocycles. The van der Waals surface area contributed by atoms with Gasteiger partial charge in [0.2, 0.25) is 0 Å². The van der Waals surface area contributed by atoms with Crippen molar-refractivity contribution in [2.24, 2.45) is 16.3 Å². The summed E-state index contributed by atoms with van der Waals surface area (Å²) in [4.78, 5) is 0. The van der Waals surface area contributed by atoms with Crippen molar-refractivity contribution < 1.29 is 14.0 Å². The van der Waals surface area contributed by atoms with Crippen molar-refractivity contribution in [2.45, 2.75) is 20.3 Å². The summed E-state index contributed by atoms with van der Waals surface area (Å²) in [5, 5.41) is 14.3. The number of anilines is 1. The van der Waals surface area contributed by atoms with Gasteiger partial charge in [0, 0.05) is 18.0 Å². The first-order chi connectivity index (χ1) is 8.77. The van der Waals surface area contributed by atoms with Gasteiger partial charge in [0.25, 0.3) is 0 Å². The van der Waals surface area contributed by atoms with Gasteiger partial charge in [0.1, 0.15) is 11.7 Å². The number of halogens is 3. The topological polar surface area (TPSA) is 70.6 Å². The molecule has 0 bridgehead atoms. The molecule has 0 amide bonds. The van der Waals surface area contributed by atoms with E-state index in [4.69, 9.17) is 22.5 Å². The molecular weight excluding hydrogens is 276 g/mol. The summed E-state index contributed by atoms with van der Waals surface area (Å²) in [6, 6.07) is 1.78. The lowest BCUT2D eigenvalue weighted by molar-refractivity contribution is 0.306. The summed E-state index contributed by atoms with van der Waals surface area (Å²) in [6.45, 7) is 3.91. The fraction of sp³-hybridized carbons (Fsp3) is 0.417. The summed E-state index contributed by atoms with van der Waals surface area (Å²) >= 11 is 5.74. The van der Waals surface area contributed by atoms with Crippen molar-refractivity contribution >= 4 is 23.1 Å². The van der Waals surface area contributed by atoms with E-state index in [0.717, 1.165) is 12.1 Å². The number of oxime groups is 1. The van der Waals surface area contributed by atoms with Crippen molar-refractivity contribution in [1.29, 1.82) is 0 Å². The maximum absolute atomic E-state index is 13.5. The van der Waals surface area contributed by atoms with E-state index in [1.165, 1.54) is 0 Å². The Morgan fingerprint density at radius 2 is 2.11 bits per heavy atom. The third-order valence-electron chi connectivity index (χ3n) is 2.86. The standard InChI is InChI=1S/C12H16ClF2N3O/c1-12(2,11(16)18-19)3-4-17-10-8(13)5-7(14)6-9(10)15/h5-6,17,19H,3-4H2,1-2H3,(H2,16,18). The number of nitrogens with zero attached hydrogens (tertiary/aromatic N) is 1. The highest BCUT2D eigenvalue weighted by atomic mass is 35.5. The quantitative estimate of drug-likeness (QED) is 0.338. The molecule has 0 unspecified atom stereocenters. The van der Waals surface area contributed by atoms with Crippen LogP contribution in [-0.4, -0.2) is 17.6 Å². The fourth-order valence-electron chi connectivity index (χ4n) is 1.47. The van der Waals surface area contributed by atoms with Crippen LogP contribution < -0.4 is 11.1 Å². The van der Waals surface area contributed by atoms with Gasteiger partial charge in [-0.1, -0.05) is 30.6 Å². The van der Waals surface area contributed by atoms with Gasteiger partial charge in [-0.3, -0.25) is 0 Å². The van der Waals surface area contributed by atoms with Crippen LogP contribution in [0.4, 0.5) is 14.5 Å². The number of amidine groups is 1. The second-order valence-corrected chi connectivity index (χ2v) is 5.20. The van der Waals surface area contributed by atoms with Gasteiger partial charge < -0.3 is 16.3 Å². The Bertz CT molecular complexity index is 469. The molecular formula is C12H16ClF2N3O. The lowest BCUT2D eigenvalue weighted by Gasteiger charge is -2.23. The van der Waals surface area contributed by atoms with Gasteiger partial charge >= 0.3 is 0 Å². The smallest absolute Gasteiger partial charge is 0.150 e. The van der Waals surface area contributed by atoms with E-state index in [-0.39, 0.29) is 16.5 Å². The van der Waals surface area contributed by atoms with Crippen LogP contribution in [0.15, 0.2) is 17.3 Å². The molecule has 0 atom stereocenters. The molecule has 0 saturated heterocycles. The first kappa shape index (κ1) is 15.5. The number of hydrogen-bond donors (Lipinski definition) is 3. The Morgan fingerprint density at radius 3 is 2.63 bits per heavy atom. The molecule has 106 valence electrons. The van der Waals surface area contributed by atoms with Crippen LogP contribution >= 0.6 is 11.6 Å². The molecule has 1 aromatic rings. The second kappa shape index (κ2) is 6.06. The zero-order valence-electron chi connectivity index (χ0n) is 10.7. The van der Waals surface area contributed by atoms with E-state index >= 15 is 0 Å². The molecule has 0 fully saturated rings. The molecule has 0 heterocycles. The molecule has 0 aliphatic carbocycles. The Balaban J connectivity index is 2.69. The summed E-state index contributed by atoms with van der Waals surface area (Å²) in [6.07, 6.45) is 0.482. The minimum Gasteiger partial charge on any atom is -0.409 e. The largest absolute Gasteiger partial charge is 0.409 e. The average molecular weight is 292 g/mol. The maximum Gasteiger partial charge on any atom is 0.150 e. The Kier molecular flexibility index (Phi) is 4.94. The molecule has 1 aromatic carbocycles. The molecule has 0 spiro atoms. The minimum absolute atomic E-state index is 0.0286. The van der Waals surface area contributed by atoms with Gasteiger partial charge in [-0.2, -0.15) is 0 Å². The Morgan fingerprint density at radius 1 is 1.47 bits per heavy atom. The number of nitrogens with two attached hydrogens (primary N) is 1. The van der Waals surface area contributed by atoms with Crippen molar-refractivity contribution in [3.63, 3.8) is 0 Å². The van der Waals surface area contributed by atoms with Crippen molar-refractivity contribution in [3.05, 3.63) is 28.8 Å². The summed E-state index contributed by atoms with van der Waals surface area (Å²) in [7, 11) is 0. The second-order valence-electron chi connectivity index (χ2n) is 4.79. The third kappa shape index (κ3) is 3.96. The molecule has 7 heteroatoms. The number of nitrogens with one attached hydrogen (secondary N) is 1. The molecule has 19 heavy (non-hydrogen) atoms. The molecule has 1 rings (SSSR count). The summed E-state index contributed by atoms with van der Waals surface area (Å²) < 4.78 is 26.3. The fourth-order valence-corrected chi connectivity index (χ4v) is 1.74. The van der Waals surface area contributed by atoms with Crippen molar-refractivity contribution in [3.8, 4) is 0 Å². The van der Waals surface area contributed by atoms with E-state index in [1.54, 1.807) is 13.8 Å². The highest BCUT2D eigenvalue weighted by Crippen LogP contribution is 2.27. The van der Waals surface area contributed by atoms with Crippen molar-refractivity contribution in [1.82, 2.24) is 0 Å². The predicted molar refractivity (Wildman–Crippen MR) is 71.7 cm³/mol. The van der Waals surface area contributed by atoms with Crippen LogP contribution in [0, 0.1) is 17.0 Å². The van der Waals surface area contributed by atoms with Gasteiger partial charge in [0.15, 0.2) is 5.82 Å². The highest BCUT2D eigenvalue weighted by Gasteiger charge is 2.23. The van der Waals surface area contributed by atoms with E-state index in [0.29, 0.717) is 13.0 Å². The van der Waals surface area contributed by atoms with Crippen LogP contribution in [0.1, 0.15) is 20.3 Å². The van der Waals surface area contributed by atoms with Crippen molar-refractivity contribution in [2.75, 3.05) is 11.9 Å². The first-order valence-corrected chi connectivity index (χ1v) is 6.02. The van der Waals surface area contributed by atoms with E-state index in [2.05, 4.69) is 10.5 Å². The zero-order valence-corrected chi connectivity index (χ0v) is 11.4. The van der Waals surface area contributed by atoms with Crippen LogP contribution in [0.3, 0.4) is 0 Å². The Hall–Kier alpha value is -1.56. The summed E-state index contributed by atoms with van der Waals surface area (Å²) in [5.74, 6) is -1.41. The van der Waals surface area contributed by atoms with Crippen LogP contribution in [0.5, 0.6) is 0 Å². The van der Waals surface area contributed by atoms with Gasteiger partial charge in [0.05, 0.1) is 10.7 Å². The highest BCUT2D eigenvalue weighted by molar-refractivity contribution is 6.33. The maximum atomic E-state index is 13.5. The molecule has 4 N–H and O–H groups in total. The lowest BCUT2D eigenvalue weighted by Crippen LogP contribution is -2.33. The van der Waals surface area contributed by atoms with E-state index < -0.39 is 17.0 Å². The van der Waals surface area contributed by atoms with Gasteiger partial charge in [-0.05, 0) is 12.5 Å². The van der Waals surface area contributed by atoms with Crippen LogP contribution in [0.2, 0.25) is 5.02 Å². The third-order valence-corrected chi connectivity index (χ3v) is 3.16. The molecule has 0 saturated carbocycles. The monoisotopic (exact) mass is 291 g/mol. The number of rotatable bonds is 5. The van der Waals surface area contributed by atoms with Crippen LogP contribution in [-0.2, 0) is 0 Å². The molecule has 0 aromatic heterocycles. The SMILES string of the molecule is CC(C)(CCNc1c(F)cc(F)cc1Cl)C(N)=NO. The van der Waals surface area contributed by atoms with Gasteiger partial charge in [-0.25, -0.2) is 8.78 Å². The average Bonchev–Trinajstić information content (AvgIpc) is 2.31. The molecule has 0 radical (unpaired) electrons.